The Balaban J connectivity index is 1.95. The van der Waals surface area contributed by atoms with Crippen LogP contribution >= 0.6 is 22.6 Å². The van der Waals surface area contributed by atoms with Crippen molar-refractivity contribution in [2.75, 3.05) is 40.9 Å². The molecule has 5 nitrogen and oxygen atoms in total. The normalized spacial score (nSPS) is 17.4. The average molecular weight is 376 g/mol. The van der Waals surface area contributed by atoms with E-state index in [0.717, 1.165) is 11.4 Å². The molecule has 0 spiro atoms. The van der Waals surface area contributed by atoms with Crippen molar-refractivity contribution >= 4 is 39.9 Å². The number of nitrogens with one attached hydrogen (secondary N) is 1. The summed E-state index contributed by atoms with van der Waals surface area (Å²) in [6.45, 7) is 1.85. The molecule has 2 rings (SSSR count). The van der Waals surface area contributed by atoms with Crippen LogP contribution in [0.5, 0.6) is 0 Å². The Morgan fingerprint density at radius 3 is 2.79 bits per heavy atom. The van der Waals surface area contributed by atoms with Gasteiger partial charge < -0.3 is 20.1 Å². The SMILES string of the molecule is O=C1COCCN1c1ccc(NC[C@@H](O)CI)cc1. The molecule has 6 heteroatoms. The van der Waals surface area contributed by atoms with Gasteiger partial charge in [-0.15, -0.1) is 0 Å². The first-order chi connectivity index (χ1) is 9.20. The standard InChI is InChI=1S/C13H17IN2O3/c14-7-12(17)8-15-10-1-3-11(4-2-10)16-5-6-19-9-13(16)18/h1-4,12,15,17H,5-9H2/t12-/m0/s1. The molecule has 1 aromatic carbocycles. The molecule has 0 aromatic heterocycles. The van der Waals surface area contributed by atoms with Gasteiger partial charge in [0.2, 0.25) is 0 Å². The maximum absolute atomic E-state index is 11.7. The molecule has 0 unspecified atom stereocenters. The number of ether oxygens (including phenoxy) is 1. The van der Waals surface area contributed by atoms with Gasteiger partial charge in [0.05, 0.1) is 12.7 Å². The molecule has 2 N–H and O–H groups in total. The molecule has 1 aromatic rings. The lowest BCUT2D eigenvalue weighted by atomic mass is 10.2. The number of alkyl halides is 1. The molecule has 104 valence electrons. The molecule has 1 heterocycles. The van der Waals surface area contributed by atoms with Crippen molar-refractivity contribution in [2.45, 2.75) is 6.10 Å². The van der Waals surface area contributed by atoms with Crippen LogP contribution in [0.1, 0.15) is 0 Å². The lowest BCUT2D eigenvalue weighted by molar-refractivity contribution is -0.125. The van der Waals surface area contributed by atoms with Crippen LogP contribution in [0.3, 0.4) is 0 Å². The smallest absolute Gasteiger partial charge is 0.253 e. The van der Waals surface area contributed by atoms with Crippen molar-refractivity contribution in [1.82, 2.24) is 0 Å². The Labute approximate surface area is 126 Å². The molecular formula is C13H17IN2O3. The molecule has 0 radical (unpaired) electrons. The van der Waals surface area contributed by atoms with Gasteiger partial charge in [-0.2, -0.15) is 0 Å². The molecule has 1 fully saturated rings. The number of carbonyl (C=O) groups excluding carboxylic acids is 1. The van der Waals surface area contributed by atoms with E-state index in [1.165, 1.54) is 0 Å². The fraction of sp³-hybridized carbons (Fsp3) is 0.462. The molecule has 0 bridgehead atoms. The van der Waals surface area contributed by atoms with Crippen LogP contribution in [0.2, 0.25) is 0 Å². The summed E-state index contributed by atoms with van der Waals surface area (Å²) in [5.74, 6) is -0.00714. The van der Waals surface area contributed by atoms with Gasteiger partial charge in [-0.1, -0.05) is 22.6 Å². The first-order valence-electron chi connectivity index (χ1n) is 6.17. The van der Waals surface area contributed by atoms with Crippen LogP contribution in [-0.2, 0) is 9.53 Å². The summed E-state index contributed by atoms with van der Waals surface area (Å²) >= 11 is 2.15. The summed E-state index contributed by atoms with van der Waals surface area (Å²) in [6, 6.07) is 7.64. The third kappa shape index (κ3) is 4.05. The number of benzene rings is 1. The number of carbonyl (C=O) groups is 1. The number of halogens is 1. The number of hydrogen-bond acceptors (Lipinski definition) is 4. The average Bonchev–Trinajstić information content (AvgIpc) is 2.46. The Kier molecular flexibility index (Phi) is 5.41. The number of hydrogen-bond donors (Lipinski definition) is 2. The van der Waals surface area contributed by atoms with Gasteiger partial charge in [-0.3, -0.25) is 4.79 Å². The molecule has 1 aliphatic rings. The fourth-order valence-corrected chi connectivity index (χ4v) is 2.15. The zero-order valence-electron chi connectivity index (χ0n) is 10.5. The number of anilines is 2. The summed E-state index contributed by atoms with van der Waals surface area (Å²) in [7, 11) is 0. The highest BCUT2D eigenvalue weighted by Gasteiger charge is 2.19. The van der Waals surface area contributed by atoms with E-state index in [2.05, 4.69) is 27.9 Å². The maximum Gasteiger partial charge on any atom is 0.253 e. The molecule has 1 aliphatic heterocycles. The van der Waals surface area contributed by atoms with Crippen LogP contribution in [0, 0.1) is 0 Å². The summed E-state index contributed by atoms with van der Waals surface area (Å²) < 4.78 is 5.80. The molecule has 0 saturated carbocycles. The van der Waals surface area contributed by atoms with Crippen molar-refractivity contribution in [3.8, 4) is 0 Å². The lowest BCUT2D eigenvalue weighted by Crippen LogP contribution is -2.41. The Morgan fingerprint density at radius 1 is 1.42 bits per heavy atom. The van der Waals surface area contributed by atoms with E-state index in [4.69, 9.17) is 4.74 Å². The van der Waals surface area contributed by atoms with E-state index in [9.17, 15) is 9.90 Å². The summed E-state index contributed by atoms with van der Waals surface area (Å²) in [5, 5.41) is 12.6. The number of morpholine rings is 1. The predicted molar refractivity (Wildman–Crippen MR) is 83.0 cm³/mol. The van der Waals surface area contributed by atoms with E-state index >= 15 is 0 Å². The minimum Gasteiger partial charge on any atom is -0.390 e. The monoisotopic (exact) mass is 376 g/mol. The largest absolute Gasteiger partial charge is 0.390 e. The maximum atomic E-state index is 11.7. The third-order valence-corrected chi connectivity index (χ3v) is 3.90. The van der Waals surface area contributed by atoms with Crippen molar-refractivity contribution < 1.29 is 14.6 Å². The lowest BCUT2D eigenvalue weighted by Gasteiger charge is -2.27. The first kappa shape index (κ1) is 14.5. The first-order valence-corrected chi connectivity index (χ1v) is 7.69. The molecular weight excluding hydrogens is 359 g/mol. The van der Waals surface area contributed by atoms with Crippen LogP contribution in [0.15, 0.2) is 24.3 Å². The zero-order valence-corrected chi connectivity index (χ0v) is 12.7. The van der Waals surface area contributed by atoms with E-state index in [0.29, 0.717) is 24.1 Å². The predicted octanol–water partition coefficient (Wildman–Crippen LogP) is 1.26. The van der Waals surface area contributed by atoms with Gasteiger partial charge in [-0.25, -0.2) is 0 Å². The van der Waals surface area contributed by atoms with Crippen LogP contribution in [0.25, 0.3) is 0 Å². The fourth-order valence-electron chi connectivity index (χ4n) is 1.84. The minimum absolute atomic E-state index is 0.00714. The van der Waals surface area contributed by atoms with Crippen molar-refractivity contribution in [2.24, 2.45) is 0 Å². The highest BCUT2D eigenvalue weighted by Crippen LogP contribution is 2.19. The van der Waals surface area contributed by atoms with Crippen molar-refractivity contribution in [3.63, 3.8) is 0 Å². The van der Waals surface area contributed by atoms with Crippen LogP contribution < -0.4 is 10.2 Å². The second-order valence-electron chi connectivity index (χ2n) is 4.33. The molecule has 19 heavy (non-hydrogen) atoms. The zero-order chi connectivity index (χ0) is 13.7. The summed E-state index contributed by atoms with van der Waals surface area (Å²) in [5.41, 5.74) is 1.82. The number of aliphatic hydroxyl groups is 1. The summed E-state index contributed by atoms with van der Waals surface area (Å²) in [6.07, 6.45) is -0.346. The highest BCUT2D eigenvalue weighted by molar-refractivity contribution is 14.1. The van der Waals surface area contributed by atoms with Gasteiger partial charge in [0.1, 0.15) is 6.61 Å². The van der Waals surface area contributed by atoms with Crippen molar-refractivity contribution in [1.29, 1.82) is 0 Å². The quantitative estimate of drug-likeness (QED) is 0.600. The number of aliphatic hydroxyl groups excluding tert-OH is 1. The van der Waals surface area contributed by atoms with Gasteiger partial charge in [0, 0.05) is 28.9 Å². The molecule has 1 saturated heterocycles. The topological polar surface area (TPSA) is 61.8 Å². The number of amides is 1. The van der Waals surface area contributed by atoms with Gasteiger partial charge >= 0.3 is 0 Å². The van der Waals surface area contributed by atoms with Gasteiger partial charge in [-0.05, 0) is 24.3 Å². The second kappa shape index (κ2) is 7.06. The van der Waals surface area contributed by atoms with E-state index in [1.807, 2.05) is 24.3 Å². The van der Waals surface area contributed by atoms with Crippen LogP contribution in [0.4, 0.5) is 11.4 Å². The van der Waals surface area contributed by atoms with Gasteiger partial charge in [0.25, 0.3) is 5.91 Å². The van der Waals surface area contributed by atoms with Gasteiger partial charge in [0.15, 0.2) is 0 Å². The molecule has 1 atom stereocenters. The summed E-state index contributed by atoms with van der Waals surface area (Å²) in [4.78, 5) is 13.4. The van der Waals surface area contributed by atoms with E-state index in [-0.39, 0.29) is 18.6 Å². The van der Waals surface area contributed by atoms with E-state index < -0.39 is 0 Å². The van der Waals surface area contributed by atoms with Crippen molar-refractivity contribution in [3.05, 3.63) is 24.3 Å². The third-order valence-electron chi connectivity index (χ3n) is 2.88. The number of nitrogens with zero attached hydrogens (tertiary/aromatic N) is 1. The highest BCUT2D eigenvalue weighted by atomic mass is 127. The Hall–Kier alpha value is -0.860. The molecule has 1 amide bonds. The second-order valence-corrected chi connectivity index (χ2v) is 5.21. The Morgan fingerprint density at radius 2 is 2.16 bits per heavy atom. The minimum atomic E-state index is -0.346. The van der Waals surface area contributed by atoms with E-state index in [1.54, 1.807) is 4.90 Å². The van der Waals surface area contributed by atoms with Crippen LogP contribution in [-0.4, -0.2) is 47.8 Å². The molecule has 0 aliphatic carbocycles. The number of rotatable bonds is 5. The Bertz CT molecular complexity index is 424.